The molecule has 0 unspecified atom stereocenters. The molecule has 3 rings (SSSR count). The molecule has 1 heterocycles. The van der Waals surface area contributed by atoms with Crippen LogP contribution < -0.4 is 5.32 Å². The van der Waals surface area contributed by atoms with E-state index in [-0.39, 0.29) is 5.91 Å². The van der Waals surface area contributed by atoms with E-state index < -0.39 is 0 Å². The zero-order valence-electron chi connectivity index (χ0n) is 14.8. The fraction of sp³-hybridized carbons (Fsp3) is 0.944. The largest absolute Gasteiger partial charge is 0.370 e. The molecule has 2 bridgehead atoms. The van der Waals surface area contributed by atoms with Crippen molar-refractivity contribution < 1.29 is 14.0 Å². The van der Waals surface area contributed by atoms with Crippen LogP contribution in [0.1, 0.15) is 46.5 Å². The van der Waals surface area contributed by atoms with Crippen LogP contribution in [-0.2, 0) is 9.53 Å². The minimum absolute atomic E-state index is 0.252. The van der Waals surface area contributed by atoms with Gasteiger partial charge in [0.05, 0.1) is 33.2 Å². The summed E-state index contributed by atoms with van der Waals surface area (Å²) in [6.45, 7) is 11.8. The van der Waals surface area contributed by atoms with E-state index in [0.717, 1.165) is 43.2 Å². The Kier molecular flexibility index (Phi) is 4.05. The number of nitrogens with one attached hydrogen (secondary N) is 1. The number of ether oxygens (including phenoxy) is 1. The third kappa shape index (κ3) is 3.05. The van der Waals surface area contributed by atoms with Crippen molar-refractivity contribution in [1.82, 2.24) is 5.32 Å². The van der Waals surface area contributed by atoms with Gasteiger partial charge >= 0.3 is 0 Å². The lowest BCUT2D eigenvalue weighted by Gasteiger charge is -2.40. The van der Waals surface area contributed by atoms with Crippen molar-refractivity contribution in [2.24, 2.45) is 16.7 Å². The lowest BCUT2D eigenvalue weighted by molar-refractivity contribution is -0.916. The average Bonchev–Trinajstić information content (AvgIpc) is 2.86. The highest BCUT2D eigenvalue weighted by Gasteiger charge is 2.57. The van der Waals surface area contributed by atoms with Gasteiger partial charge in [-0.3, -0.25) is 4.79 Å². The zero-order valence-corrected chi connectivity index (χ0v) is 14.8. The summed E-state index contributed by atoms with van der Waals surface area (Å²) in [7, 11) is 2.25. The molecule has 1 aliphatic heterocycles. The van der Waals surface area contributed by atoms with Gasteiger partial charge < -0.3 is 14.5 Å². The van der Waals surface area contributed by atoms with E-state index in [1.165, 1.54) is 19.3 Å². The molecule has 2 saturated carbocycles. The number of rotatable bonds is 4. The van der Waals surface area contributed by atoms with Gasteiger partial charge in [-0.2, -0.15) is 0 Å². The molecule has 2 aliphatic carbocycles. The number of likely N-dealkylation sites (N-methyl/N-ethyl adjacent to an activating group) is 1. The molecule has 0 aromatic rings. The number of hydrogen-bond acceptors (Lipinski definition) is 2. The highest BCUT2D eigenvalue weighted by atomic mass is 16.5. The Morgan fingerprint density at radius 2 is 1.95 bits per heavy atom. The lowest BCUT2D eigenvalue weighted by atomic mass is 9.70. The molecule has 3 atom stereocenters. The Balaban J connectivity index is 1.49. The average molecular weight is 309 g/mol. The van der Waals surface area contributed by atoms with E-state index in [0.29, 0.717) is 23.3 Å². The normalized spacial score (nSPS) is 38.9. The Hall–Kier alpha value is -0.610. The van der Waals surface area contributed by atoms with Crippen molar-refractivity contribution in [3.05, 3.63) is 0 Å². The van der Waals surface area contributed by atoms with E-state index in [9.17, 15) is 4.79 Å². The number of morpholine rings is 1. The minimum atomic E-state index is 0.252. The van der Waals surface area contributed by atoms with E-state index >= 15 is 0 Å². The number of amides is 1. The lowest BCUT2D eigenvalue weighted by Crippen LogP contribution is -2.54. The molecule has 4 heteroatoms. The highest BCUT2D eigenvalue weighted by molar-refractivity contribution is 5.76. The molecule has 1 N–H and O–H groups in total. The quantitative estimate of drug-likeness (QED) is 0.809. The third-order valence-electron chi connectivity index (χ3n) is 6.80. The van der Waals surface area contributed by atoms with E-state index in [1.54, 1.807) is 0 Å². The van der Waals surface area contributed by atoms with Gasteiger partial charge in [-0.1, -0.05) is 20.8 Å². The van der Waals surface area contributed by atoms with Crippen molar-refractivity contribution in [1.29, 1.82) is 0 Å². The molecule has 22 heavy (non-hydrogen) atoms. The van der Waals surface area contributed by atoms with Gasteiger partial charge in [0, 0.05) is 6.04 Å². The van der Waals surface area contributed by atoms with Gasteiger partial charge in [0.15, 0.2) is 0 Å². The number of fused-ring (bicyclic) bond motifs is 2. The topological polar surface area (TPSA) is 38.3 Å². The molecular weight excluding hydrogens is 276 g/mol. The summed E-state index contributed by atoms with van der Waals surface area (Å²) in [6.07, 6.45) is 4.36. The summed E-state index contributed by atoms with van der Waals surface area (Å²) in [5.74, 6) is 1.04. The Bertz CT molecular complexity index is 442. The van der Waals surface area contributed by atoms with E-state index in [1.807, 2.05) is 0 Å². The summed E-state index contributed by atoms with van der Waals surface area (Å²) in [5.41, 5.74) is 0.781. The van der Waals surface area contributed by atoms with Gasteiger partial charge in [0.2, 0.25) is 5.91 Å². The van der Waals surface area contributed by atoms with Gasteiger partial charge in [-0.05, 0) is 36.0 Å². The van der Waals surface area contributed by atoms with Crippen LogP contribution in [0.5, 0.6) is 0 Å². The van der Waals surface area contributed by atoms with Crippen LogP contribution in [0.15, 0.2) is 0 Å². The Labute approximate surface area is 135 Å². The van der Waals surface area contributed by atoms with E-state index in [4.69, 9.17) is 4.74 Å². The molecule has 4 nitrogen and oxygen atoms in total. The molecule has 0 aromatic heterocycles. The molecular formula is C18H33N2O2+. The molecule has 0 spiro atoms. The first-order chi connectivity index (χ1) is 10.2. The van der Waals surface area contributed by atoms with Crippen LogP contribution in [0, 0.1) is 16.7 Å². The predicted molar refractivity (Wildman–Crippen MR) is 87.4 cm³/mol. The van der Waals surface area contributed by atoms with Crippen molar-refractivity contribution in [2.75, 3.05) is 39.9 Å². The van der Waals surface area contributed by atoms with Crippen molar-refractivity contribution in [2.45, 2.75) is 52.5 Å². The molecule has 1 amide bonds. The first-order valence-corrected chi connectivity index (χ1v) is 8.93. The van der Waals surface area contributed by atoms with Gasteiger partial charge in [-0.25, -0.2) is 0 Å². The highest BCUT2D eigenvalue weighted by Crippen LogP contribution is 2.62. The van der Waals surface area contributed by atoms with Gasteiger partial charge in [-0.15, -0.1) is 0 Å². The van der Waals surface area contributed by atoms with Crippen molar-refractivity contribution in [3.63, 3.8) is 0 Å². The second-order valence-corrected chi connectivity index (χ2v) is 9.23. The number of carbonyl (C=O) groups is 1. The first-order valence-electron chi connectivity index (χ1n) is 8.93. The molecule has 3 fully saturated rings. The summed E-state index contributed by atoms with van der Waals surface area (Å²) in [4.78, 5) is 12.4. The Morgan fingerprint density at radius 3 is 2.50 bits per heavy atom. The molecule has 3 aliphatic rings. The van der Waals surface area contributed by atoms with Gasteiger partial charge in [0.1, 0.15) is 13.1 Å². The van der Waals surface area contributed by atoms with Crippen LogP contribution in [0.3, 0.4) is 0 Å². The fourth-order valence-electron chi connectivity index (χ4n) is 5.21. The van der Waals surface area contributed by atoms with Crippen molar-refractivity contribution in [3.8, 4) is 0 Å². The summed E-state index contributed by atoms with van der Waals surface area (Å²) < 4.78 is 6.41. The standard InChI is InChI=1S/C18H32N2O2/c1-17(2)13-18(3)12-14(17)11-15(18)19-16(21)5-6-20(4)7-9-22-10-8-20/h14-15H,5-13H2,1-4H3/p+1/t14-,15+,18+/m1/s1. The SMILES string of the molecule is CC1(C)C[C@]2(C)C[C@H]1C[C@@H]2NC(=O)CC[N+]1(C)CCOCC1. The maximum atomic E-state index is 12.4. The number of hydrogen-bond donors (Lipinski definition) is 1. The van der Waals surface area contributed by atoms with Crippen LogP contribution >= 0.6 is 0 Å². The molecule has 1 saturated heterocycles. The number of nitrogens with zero attached hydrogens (tertiary/aromatic N) is 1. The van der Waals surface area contributed by atoms with E-state index in [2.05, 4.69) is 33.1 Å². The fourth-order valence-corrected chi connectivity index (χ4v) is 5.21. The smallest absolute Gasteiger partial charge is 0.225 e. The molecule has 0 radical (unpaired) electrons. The Morgan fingerprint density at radius 1 is 1.27 bits per heavy atom. The maximum Gasteiger partial charge on any atom is 0.225 e. The zero-order chi connectivity index (χ0) is 16.0. The predicted octanol–water partition coefficient (Wildman–Crippen LogP) is 2.18. The van der Waals surface area contributed by atoms with Crippen molar-refractivity contribution >= 4 is 5.91 Å². The van der Waals surface area contributed by atoms with Crippen LogP contribution in [0.4, 0.5) is 0 Å². The molecule has 0 aromatic carbocycles. The third-order valence-corrected chi connectivity index (χ3v) is 6.80. The molecule has 126 valence electrons. The second-order valence-electron chi connectivity index (χ2n) is 9.23. The van der Waals surface area contributed by atoms with Crippen LogP contribution in [-0.4, -0.2) is 56.3 Å². The summed E-state index contributed by atoms with van der Waals surface area (Å²) in [6, 6.07) is 0.396. The maximum absolute atomic E-state index is 12.4. The van der Waals surface area contributed by atoms with Crippen LogP contribution in [0.25, 0.3) is 0 Å². The van der Waals surface area contributed by atoms with Gasteiger partial charge in [0.25, 0.3) is 0 Å². The van der Waals surface area contributed by atoms with Crippen LogP contribution in [0.2, 0.25) is 0 Å². The monoisotopic (exact) mass is 309 g/mol. The minimum Gasteiger partial charge on any atom is -0.370 e. The summed E-state index contributed by atoms with van der Waals surface area (Å²) >= 11 is 0. The number of carbonyl (C=O) groups excluding carboxylic acids is 1. The summed E-state index contributed by atoms with van der Waals surface area (Å²) in [5, 5.41) is 3.37. The second kappa shape index (κ2) is 5.48. The first kappa shape index (κ1) is 16.3. The number of quaternary nitrogens is 1.